The second kappa shape index (κ2) is 9.83. The Morgan fingerprint density at radius 2 is 1.45 bits per heavy atom. The highest BCUT2D eigenvalue weighted by Crippen LogP contribution is 2.38. The summed E-state index contributed by atoms with van der Waals surface area (Å²) >= 11 is 0. The van der Waals surface area contributed by atoms with Crippen LogP contribution in [0, 0.1) is 0 Å². The molecule has 8 nitrogen and oxygen atoms in total. The first-order valence-electron chi connectivity index (χ1n) is 8.74. The Morgan fingerprint density at radius 1 is 0.903 bits per heavy atom. The highest BCUT2D eigenvalue weighted by molar-refractivity contribution is 6.02. The van der Waals surface area contributed by atoms with Crippen LogP contribution in [0.15, 0.2) is 41.5 Å². The first-order chi connectivity index (χ1) is 14.6. The number of hydrazone groups is 1. The number of alkyl halides is 3. The number of carbonyl (C=O) groups excluding carboxylic acids is 2. The summed E-state index contributed by atoms with van der Waals surface area (Å²) in [6, 6.07) is 8.41. The van der Waals surface area contributed by atoms with E-state index in [9.17, 15) is 22.8 Å². The van der Waals surface area contributed by atoms with Crippen LogP contribution < -0.4 is 25.0 Å². The number of amides is 2. The van der Waals surface area contributed by atoms with Crippen LogP contribution in [0.5, 0.6) is 17.2 Å². The Kier molecular flexibility index (Phi) is 7.46. The summed E-state index contributed by atoms with van der Waals surface area (Å²) in [7, 11) is 4.28. The molecule has 0 saturated heterocycles. The van der Waals surface area contributed by atoms with Crippen LogP contribution in [-0.2, 0) is 4.79 Å². The van der Waals surface area contributed by atoms with Crippen molar-refractivity contribution in [1.82, 2.24) is 5.43 Å². The molecule has 31 heavy (non-hydrogen) atoms. The van der Waals surface area contributed by atoms with E-state index < -0.39 is 18.0 Å². The zero-order chi connectivity index (χ0) is 23.2. The van der Waals surface area contributed by atoms with E-state index in [0.29, 0.717) is 28.5 Å². The van der Waals surface area contributed by atoms with Crippen molar-refractivity contribution in [2.75, 3.05) is 26.6 Å². The number of ether oxygens (including phenoxy) is 3. The normalized spacial score (nSPS) is 11.5. The summed E-state index contributed by atoms with van der Waals surface area (Å²) in [5.41, 5.74) is 3.47. The number of nitrogens with zero attached hydrogens (tertiary/aromatic N) is 1. The first-order valence-corrected chi connectivity index (χ1v) is 8.74. The maximum absolute atomic E-state index is 12.5. The molecule has 0 aliphatic rings. The van der Waals surface area contributed by atoms with Crippen molar-refractivity contribution in [1.29, 1.82) is 0 Å². The van der Waals surface area contributed by atoms with Gasteiger partial charge in [0.1, 0.15) is 0 Å². The van der Waals surface area contributed by atoms with Gasteiger partial charge in [-0.15, -0.1) is 0 Å². The van der Waals surface area contributed by atoms with Crippen LogP contribution in [0.25, 0.3) is 0 Å². The molecule has 2 aromatic carbocycles. The lowest BCUT2D eigenvalue weighted by Crippen LogP contribution is -2.29. The molecule has 0 bridgehead atoms. The minimum atomic E-state index is -4.98. The van der Waals surface area contributed by atoms with Crippen LogP contribution in [-0.4, -0.2) is 45.0 Å². The number of anilines is 1. The maximum Gasteiger partial charge on any atom is 0.471 e. The third kappa shape index (κ3) is 5.87. The van der Waals surface area contributed by atoms with Crippen LogP contribution in [0.3, 0.4) is 0 Å². The average molecular weight is 439 g/mol. The molecule has 0 aliphatic heterocycles. The van der Waals surface area contributed by atoms with Gasteiger partial charge in [0.2, 0.25) is 5.75 Å². The molecule has 11 heteroatoms. The van der Waals surface area contributed by atoms with Gasteiger partial charge in [0.05, 0.1) is 27.0 Å². The summed E-state index contributed by atoms with van der Waals surface area (Å²) in [6.07, 6.45) is -4.98. The second-order valence-electron chi connectivity index (χ2n) is 6.08. The highest BCUT2D eigenvalue weighted by Gasteiger charge is 2.38. The van der Waals surface area contributed by atoms with Gasteiger partial charge in [-0.2, -0.15) is 18.3 Å². The smallest absolute Gasteiger partial charge is 0.471 e. The number of rotatable bonds is 7. The van der Waals surface area contributed by atoms with Gasteiger partial charge in [0.15, 0.2) is 11.5 Å². The number of halogens is 3. The predicted molar refractivity (Wildman–Crippen MR) is 107 cm³/mol. The van der Waals surface area contributed by atoms with E-state index in [1.165, 1.54) is 57.7 Å². The molecule has 0 heterocycles. The molecule has 0 fully saturated rings. The van der Waals surface area contributed by atoms with Gasteiger partial charge in [-0.1, -0.05) is 12.1 Å². The minimum Gasteiger partial charge on any atom is -0.493 e. The van der Waals surface area contributed by atoms with Gasteiger partial charge in [0, 0.05) is 11.3 Å². The number of methoxy groups -OCH3 is 3. The molecule has 0 unspecified atom stereocenters. The molecular formula is C20H20F3N3O5. The Labute approximate surface area is 176 Å². The molecule has 0 aliphatic carbocycles. The monoisotopic (exact) mass is 439 g/mol. The van der Waals surface area contributed by atoms with Crippen molar-refractivity contribution in [2.24, 2.45) is 5.10 Å². The molecular weight excluding hydrogens is 419 g/mol. The lowest BCUT2D eigenvalue weighted by molar-refractivity contribution is -0.167. The molecule has 0 aromatic heterocycles. The number of carbonyl (C=O) groups is 2. The third-order valence-corrected chi connectivity index (χ3v) is 4.07. The molecule has 0 radical (unpaired) electrons. The molecule has 166 valence electrons. The standard InChI is InChI=1S/C20H20F3N3O5/c1-11(12-5-7-14(8-6-12)24-19(28)20(21,22)23)25-26-18(27)13-9-15(29-2)17(31-4)16(10-13)30-3/h5-10H,1-4H3,(H,24,28)(H,26,27)/b25-11-. The lowest BCUT2D eigenvalue weighted by Gasteiger charge is -2.13. The van der Waals surface area contributed by atoms with Crippen LogP contribution in [0.4, 0.5) is 18.9 Å². The largest absolute Gasteiger partial charge is 0.493 e. The highest BCUT2D eigenvalue weighted by atomic mass is 19.4. The lowest BCUT2D eigenvalue weighted by atomic mass is 10.1. The fourth-order valence-electron chi connectivity index (χ4n) is 2.47. The average Bonchev–Trinajstić information content (AvgIpc) is 2.75. The summed E-state index contributed by atoms with van der Waals surface area (Å²) in [6.45, 7) is 1.60. The van der Waals surface area contributed by atoms with Gasteiger partial charge in [-0.05, 0) is 36.8 Å². The quantitative estimate of drug-likeness (QED) is 0.509. The van der Waals surface area contributed by atoms with E-state index in [0.717, 1.165) is 0 Å². The van der Waals surface area contributed by atoms with Crippen molar-refractivity contribution in [2.45, 2.75) is 13.1 Å². The molecule has 0 spiro atoms. The SMILES string of the molecule is COc1cc(C(=O)N/N=C(/C)c2ccc(NC(=O)C(F)(F)F)cc2)cc(OC)c1OC. The molecule has 2 aromatic rings. The summed E-state index contributed by atoms with van der Waals surface area (Å²) in [5.74, 6) is -1.69. The molecule has 2 rings (SSSR count). The molecule has 0 saturated carbocycles. The van der Waals surface area contributed by atoms with Gasteiger partial charge in [-0.3, -0.25) is 9.59 Å². The van der Waals surface area contributed by atoms with Crippen molar-refractivity contribution in [3.05, 3.63) is 47.5 Å². The minimum absolute atomic E-state index is 0.0275. The van der Waals surface area contributed by atoms with E-state index in [1.807, 2.05) is 0 Å². The topological polar surface area (TPSA) is 98.2 Å². The third-order valence-electron chi connectivity index (χ3n) is 4.07. The summed E-state index contributed by atoms with van der Waals surface area (Å²) in [5, 5.41) is 5.73. The fraction of sp³-hybridized carbons (Fsp3) is 0.250. The van der Waals surface area contributed by atoms with Crippen molar-refractivity contribution in [3.8, 4) is 17.2 Å². The van der Waals surface area contributed by atoms with E-state index in [-0.39, 0.29) is 11.3 Å². The van der Waals surface area contributed by atoms with Gasteiger partial charge < -0.3 is 19.5 Å². The molecule has 2 N–H and O–H groups in total. The van der Waals surface area contributed by atoms with Crippen LogP contribution in [0.1, 0.15) is 22.8 Å². The predicted octanol–water partition coefficient (Wildman–Crippen LogP) is 3.37. The molecule has 2 amide bonds. The Morgan fingerprint density at radius 3 is 1.90 bits per heavy atom. The zero-order valence-corrected chi connectivity index (χ0v) is 17.1. The van der Waals surface area contributed by atoms with Crippen LogP contribution in [0.2, 0.25) is 0 Å². The maximum atomic E-state index is 12.5. The Bertz CT molecular complexity index is 964. The van der Waals surface area contributed by atoms with E-state index in [1.54, 1.807) is 12.2 Å². The van der Waals surface area contributed by atoms with E-state index in [4.69, 9.17) is 14.2 Å². The van der Waals surface area contributed by atoms with Crippen molar-refractivity contribution >= 4 is 23.2 Å². The van der Waals surface area contributed by atoms with Crippen molar-refractivity contribution in [3.63, 3.8) is 0 Å². The van der Waals surface area contributed by atoms with E-state index in [2.05, 4.69) is 10.5 Å². The van der Waals surface area contributed by atoms with Gasteiger partial charge in [0.25, 0.3) is 5.91 Å². The Hall–Kier alpha value is -3.76. The fourth-order valence-corrected chi connectivity index (χ4v) is 2.47. The summed E-state index contributed by atoms with van der Waals surface area (Å²) < 4.78 is 52.5. The number of nitrogens with one attached hydrogen (secondary N) is 2. The zero-order valence-electron chi connectivity index (χ0n) is 17.1. The van der Waals surface area contributed by atoms with Gasteiger partial charge >= 0.3 is 12.1 Å². The second-order valence-corrected chi connectivity index (χ2v) is 6.08. The van der Waals surface area contributed by atoms with Crippen LogP contribution >= 0.6 is 0 Å². The molecule has 0 atom stereocenters. The number of hydrogen-bond acceptors (Lipinski definition) is 6. The van der Waals surface area contributed by atoms with E-state index >= 15 is 0 Å². The van der Waals surface area contributed by atoms with Gasteiger partial charge in [-0.25, -0.2) is 5.43 Å². The first kappa shape index (κ1) is 23.5. The summed E-state index contributed by atoms with van der Waals surface area (Å²) in [4.78, 5) is 23.4. The number of benzene rings is 2. The Balaban J connectivity index is 2.13. The number of hydrogen-bond donors (Lipinski definition) is 2. The van der Waals surface area contributed by atoms with Crippen molar-refractivity contribution < 1.29 is 37.0 Å².